The van der Waals surface area contributed by atoms with Crippen molar-refractivity contribution in [3.8, 4) is 0 Å². The minimum atomic E-state index is -0.369. The summed E-state index contributed by atoms with van der Waals surface area (Å²) in [7, 11) is 0. The summed E-state index contributed by atoms with van der Waals surface area (Å²) in [6.45, 7) is 5.16. The molecule has 1 aromatic heterocycles. The summed E-state index contributed by atoms with van der Waals surface area (Å²) in [6.07, 6.45) is 3.34. The normalized spacial score (nSPS) is 17.1. The monoisotopic (exact) mass is 264 g/mol. The lowest BCUT2D eigenvalue weighted by atomic mass is 10.1. The number of H-pyrrole nitrogens is 1. The fourth-order valence-corrected chi connectivity index (χ4v) is 2.33. The van der Waals surface area contributed by atoms with Crippen molar-refractivity contribution < 1.29 is 4.79 Å². The predicted octanol–water partition coefficient (Wildman–Crippen LogP) is 0.891. The minimum absolute atomic E-state index is 0.0689. The van der Waals surface area contributed by atoms with Gasteiger partial charge in [0.05, 0.1) is 0 Å². The van der Waals surface area contributed by atoms with Crippen LogP contribution < -0.4 is 10.9 Å². The second-order valence-corrected chi connectivity index (χ2v) is 4.97. The Balaban J connectivity index is 2.01. The molecule has 0 bridgehead atoms. The van der Waals surface area contributed by atoms with E-state index in [2.05, 4.69) is 15.3 Å². The maximum Gasteiger partial charge on any atom is 0.252 e. The van der Waals surface area contributed by atoms with Gasteiger partial charge in [0.15, 0.2) is 0 Å². The van der Waals surface area contributed by atoms with E-state index in [9.17, 15) is 9.59 Å². The molecule has 1 atom stereocenters. The number of anilines is 1. The number of hydrogen-bond acceptors (Lipinski definition) is 4. The molecule has 104 valence electrons. The van der Waals surface area contributed by atoms with Gasteiger partial charge >= 0.3 is 0 Å². The number of aromatic amines is 1. The Morgan fingerprint density at radius 2 is 2.11 bits per heavy atom. The van der Waals surface area contributed by atoms with Gasteiger partial charge in [-0.3, -0.25) is 9.59 Å². The molecule has 1 unspecified atom stereocenters. The number of rotatable bonds is 3. The van der Waals surface area contributed by atoms with Crippen LogP contribution in [0.1, 0.15) is 32.0 Å². The first kappa shape index (κ1) is 13.6. The van der Waals surface area contributed by atoms with Crippen LogP contribution in [0.3, 0.4) is 0 Å². The van der Waals surface area contributed by atoms with E-state index in [1.165, 1.54) is 12.5 Å². The molecule has 1 aliphatic rings. The number of nitrogens with one attached hydrogen (secondary N) is 2. The Kier molecular flexibility index (Phi) is 4.19. The molecule has 0 spiro atoms. The fraction of sp³-hybridized carbons (Fsp3) is 0.615. The van der Waals surface area contributed by atoms with Gasteiger partial charge in [0, 0.05) is 19.2 Å². The zero-order chi connectivity index (χ0) is 13.8. The van der Waals surface area contributed by atoms with E-state index in [1.54, 1.807) is 13.8 Å². The first-order chi connectivity index (χ1) is 9.06. The van der Waals surface area contributed by atoms with Crippen LogP contribution in [-0.4, -0.2) is 39.9 Å². The molecule has 6 nitrogen and oxygen atoms in total. The largest absolute Gasteiger partial charge is 0.358 e. The van der Waals surface area contributed by atoms with E-state index in [0.717, 1.165) is 25.9 Å². The average molecular weight is 264 g/mol. The lowest BCUT2D eigenvalue weighted by Gasteiger charge is -2.29. The Hall–Kier alpha value is -1.85. The highest BCUT2D eigenvalue weighted by atomic mass is 16.2. The molecule has 1 aromatic rings. The third kappa shape index (κ3) is 3.56. The van der Waals surface area contributed by atoms with E-state index in [-0.39, 0.29) is 17.5 Å². The SMILES string of the molecule is Cc1nc(NC(C)C(=O)N2CCCCC2)cc(=O)[nH]1. The van der Waals surface area contributed by atoms with Crippen molar-refractivity contribution in [3.05, 3.63) is 22.2 Å². The third-order valence-electron chi connectivity index (χ3n) is 3.26. The van der Waals surface area contributed by atoms with Gasteiger partial charge in [0.2, 0.25) is 5.91 Å². The van der Waals surface area contributed by atoms with Crippen LogP contribution in [0, 0.1) is 6.92 Å². The molecule has 0 aliphatic carbocycles. The third-order valence-corrected chi connectivity index (χ3v) is 3.26. The van der Waals surface area contributed by atoms with Gasteiger partial charge in [-0.25, -0.2) is 4.98 Å². The lowest BCUT2D eigenvalue weighted by Crippen LogP contribution is -2.44. The Morgan fingerprint density at radius 3 is 2.74 bits per heavy atom. The van der Waals surface area contributed by atoms with Crippen molar-refractivity contribution in [2.24, 2.45) is 0 Å². The molecule has 1 fully saturated rings. The zero-order valence-corrected chi connectivity index (χ0v) is 11.4. The molecule has 2 heterocycles. The van der Waals surface area contributed by atoms with Crippen molar-refractivity contribution in [2.75, 3.05) is 18.4 Å². The number of carbonyl (C=O) groups is 1. The smallest absolute Gasteiger partial charge is 0.252 e. The Bertz CT molecular complexity index is 506. The standard InChI is InChI=1S/C13H20N4O2/c1-9(13(19)17-6-4-3-5-7-17)14-11-8-12(18)16-10(2)15-11/h8-9H,3-7H2,1-2H3,(H2,14,15,16,18). The molecular weight excluding hydrogens is 244 g/mol. The topological polar surface area (TPSA) is 78.1 Å². The van der Waals surface area contributed by atoms with Crippen molar-refractivity contribution in [1.82, 2.24) is 14.9 Å². The number of carbonyl (C=O) groups excluding carboxylic acids is 1. The van der Waals surface area contributed by atoms with Crippen molar-refractivity contribution in [1.29, 1.82) is 0 Å². The van der Waals surface area contributed by atoms with Gasteiger partial charge in [-0.1, -0.05) is 0 Å². The van der Waals surface area contributed by atoms with Crippen LogP contribution >= 0.6 is 0 Å². The highest BCUT2D eigenvalue weighted by Crippen LogP contribution is 2.11. The van der Waals surface area contributed by atoms with Crippen molar-refractivity contribution >= 4 is 11.7 Å². The molecule has 1 saturated heterocycles. The second kappa shape index (κ2) is 5.86. The van der Waals surface area contributed by atoms with Crippen LogP contribution in [-0.2, 0) is 4.79 Å². The van der Waals surface area contributed by atoms with E-state index in [4.69, 9.17) is 0 Å². The highest BCUT2D eigenvalue weighted by molar-refractivity contribution is 5.84. The molecular formula is C13H20N4O2. The molecule has 1 amide bonds. The summed E-state index contributed by atoms with van der Waals surface area (Å²) >= 11 is 0. The first-order valence-electron chi connectivity index (χ1n) is 6.69. The summed E-state index contributed by atoms with van der Waals surface area (Å²) in [5.41, 5.74) is -0.215. The van der Waals surface area contributed by atoms with Crippen LogP contribution in [0.2, 0.25) is 0 Å². The van der Waals surface area contributed by atoms with Gasteiger partial charge in [-0.15, -0.1) is 0 Å². The second-order valence-electron chi connectivity index (χ2n) is 4.97. The molecule has 0 radical (unpaired) electrons. The number of likely N-dealkylation sites (tertiary alicyclic amines) is 1. The Labute approximate surface area is 112 Å². The van der Waals surface area contributed by atoms with E-state index in [1.807, 2.05) is 4.90 Å². The molecule has 6 heteroatoms. The quantitative estimate of drug-likeness (QED) is 0.850. The number of aromatic nitrogens is 2. The summed E-state index contributed by atoms with van der Waals surface area (Å²) in [5, 5.41) is 3.00. The van der Waals surface area contributed by atoms with Gasteiger partial charge in [-0.05, 0) is 33.1 Å². The summed E-state index contributed by atoms with van der Waals surface area (Å²) in [6, 6.07) is 0.999. The van der Waals surface area contributed by atoms with Crippen LogP contribution in [0.15, 0.2) is 10.9 Å². The van der Waals surface area contributed by atoms with Crippen LogP contribution in [0.25, 0.3) is 0 Å². The molecule has 2 rings (SSSR count). The van der Waals surface area contributed by atoms with E-state index < -0.39 is 0 Å². The van der Waals surface area contributed by atoms with Gasteiger partial charge in [0.1, 0.15) is 17.7 Å². The van der Waals surface area contributed by atoms with Crippen LogP contribution in [0.4, 0.5) is 5.82 Å². The molecule has 0 saturated carbocycles. The molecule has 2 N–H and O–H groups in total. The predicted molar refractivity (Wildman–Crippen MR) is 73.1 cm³/mol. The molecule has 0 aromatic carbocycles. The van der Waals surface area contributed by atoms with Crippen molar-refractivity contribution in [3.63, 3.8) is 0 Å². The van der Waals surface area contributed by atoms with E-state index >= 15 is 0 Å². The van der Waals surface area contributed by atoms with Crippen LogP contribution in [0.5, 0.6) is 0 Å². The molecule has 1 aliphatic heterocycles. The average Bonchev–Trinajstić information content (AvgIpc) is 2.37. The summed E-state index contributed by atoms with van der Waals surface area (Å²) < 4.78 is 0. The number of aryl methyl sites for hydroxylation is 1. The number of nitrogens with zero attached hydrogens (tertiary/aromatic N) is 2. The number of hydrogen-bond donors (Lipinski definition) is 2. The number of piperidine rings is 1. The summed E-state index contributed by atoms with van der Waals surface area (Å²) in [4.78, 5) is 32.2. The highest BCUT2D eigenvalue weighted by Gasteiger charge is 2.22. The summed E-state index contributed by atoms with van der Waals surface area (Å²) in [5.74, 6) is 1.05. The Morgan fingerprint density at radius 1 is 1.42 bits per heavy atom. The zero-order valence-electron chi connectivity index (χ0n) is 11.4. The van der Waals surface area contributed by atoms with Crippen molar-refractivity contribution in [2.45, 2.75) is 39.2 Å². The fourth-order valence-electron chi connectivity index (χ4n) is 2.33. The number of amides is 1. The molecule has 19 heavy (non-hydrogen) atoms. The van der Waals surface area contributed by atoms with Gasteiger partial charge in [-0.2, -0.15) is 0 Å². The first-order valence-corrected chi connectivity index (χ1v) is 6.69. The van der Waals surface area contributed by atoms with Gasteiger partial charge in [0.25, 0.3) is 5.56 Å². The minimum Gasteiger partial charge on any atom is -0.358 e. The van der Waals surface area contributed by atoms with E-state index in [0.29, 0.717) is 11.6 Å². The lowest BCUT2D eigenvalue weighted by molar-refractivity contribution is -0.132. The maximum atomic E-state index is 12.2. The maximum absolute atomic E-state index is 12.2. The van der Waals surface area contributed by atoms with Gasteiger partial charge < -0.3 is 15.2 Å².